The number of benzene rings is 2. The third-order valence-electron chi connectivity index (χ3n) is 7.39. The van der Waals surface area contributed by atoms with Crippen LogP contribution < -0.4 is 5.32 Å². The Kier molecular flexibility index (Phi) is 5.64. The fraction of sp³-hybridized carbons (Fsp3) is 0.462. The van der Waals surface area contributed by atoms with Gasteiger partial charge in [0, 0.05) is 19.0 Å². The molecule has 2 N–H and O–H groups in total. The number of hydrogen-bond acceptors (Lipinski definition) is 4. The minimum atomic E-state index is -0.911. The van der Waals surface area contributed by atoms with Crippen molar-refractivity contribution in [2.24, 2.45) is 11.3 Å². The predicted molar refractivity (Wildman–Crippen MR) is 122 cm³/mol. The first-order valence-electron chi connectivity index (χ1n) is 11.6. The first-order chi connectivity index (χ1) is 15.6. The largest absolute Gasteiger partial charge is 0.481 e. The molecule has 0 aromatic heterocycles. The molecule has 6 nitrogen and oxygen atoms in total. The van der Waals surface area contributed by atoms with Crippen LogP contribution in [-0.2, 0) is 9.53 Å². The summed E-state index contributed by atoms with van der Waals surface area (Å²) in [4.78, 5) is 26.9. The van der Waals surface area contributed by atoms with Gasteiger partial charge in [0.25, 0.3) is 0 Å². The van der Waals surface area contributed by atoms with Crippen molar-refractivity contribution in [2.75, 3.05) is 32.8 Å². The number of carbonyl (C=O) groups is 2. The van der Waals surface area contributed by atoms with Crippen molar-refractivity contribution in [1.29, 1.82) is 0 Å². The van der Waals surface area contributed by atoms with E-state index in [2.05, 4.69) is 34.5 Å². The van der Waals surface area contributed by atoms with Crippen LogP contribution in [0.2, 0.25) is 0 Å². The highest BCUT2D eigenvalue weighted by Gasteiger charge is 2.42. The monoisotopic (exact) mass is 434 g/mol. The number of carboxylic acids is 1. The van der Waals surface area contributed by atoms with E-state index < -0.39 is 17.5 Å². The minimum absolute atomic E-state index is 0.00718. The highest BCUT2D eigenvalue weighted by atomic mass is 16.5. The molecule has 32 heavy (non-hydrogen) atoms. The lowest BCUT2D eigenvalue weighted by Gasteiger charge is -2.38. The third kappa shape index (κ3) is 4.11. The lowest BCUT2D eigenvalue weighted by atomic mass is 9.78. The molecule has 1 saturated heterocycles. The van der Waals surface area contributed by atoms with Crippen LogP contribution in [0, 0.1) is 11.3 Å². The molecule has 2 aliphatic carbocycles. The number of rotatable bonds is 7. The summed E-state index contributed by atoms with van der Waals surface area (Å²) in [7, 11) is 0. The molecule has 5 rings (SSSR count). The number of likely N-dealkylation sites (tertiary alicyclic amines) is 1. The topological polar surface area (TPSA) is 78.9 Å². The van der Waals surface area contributed by atoms with E-state index in [4.69, 9.17) is 4.74 Å². The number of nitrogens with zero attached hydrogens (tertiary/aromatic N) is 1. The Morgan fingerprint density at radius 1 is 1.00 bits per heavy atom. The zero-order chi connectivity index (χ0) is 22.1. The highest BCUT2D eigenvalue weighted by molar-refractivity contribution is 5.79. The number of hydrogen-bond donors (Lipinski definition) is 2. The zero-order valence-electron chi connectivity index (χ0n) is 18.3. The highest BCUT2D eigenvalue weighted by Crippen LogP contribution is 2.44. The molecule has 0 atom stereocenters. The van der Waals surface area contributed by atoms with Crippen molar-refractivity contribution >= 4 is 12.1 Å². The van der Waals surface area contributed by atoms with Crippen molar-refractivity contribution in [1.82, 2.24) is 10.2 Å². The van der Waals surface area contributed by atoms with Crippen LogP contribution in [-0.4, -0.2) is 54.9 Å². The normalized spacial score (nSPS) is 19.8. The maximum atomic E-state index is 12.5. The molecular formula is C26H30N2O4. The van der Waals surface area contributed by atoms with E-state index >= 15 is 0 Å². The van der Waals surface area contributed by atoms with E-state index in [0.29, 0.717) is 12.8 Å². The Morgan fingerprint density at radius 3 is 2.16 bits per heavy atom. The van der Waals surface area contributed by atoms with Gasteiger partial charge in [-0.3, -0.25) is 4.79 Å². The summed E-state index contributed by atoms with van der Waals surface area (Å²) in [6, 6.07) is 16.4. The smallest absolute Gasteiger partial charge is 0.407 e. The fourth-order valence-corrected chi connectivity index (χ4v) is 5.19. The first kappa shape index (κ1) is 21.0. The standard InChI is InChI=1S/C26H30N2O4/c29-24(30)26(11-13-28(14-12-26)15-18-9-10-18)17-27-25(31)32-16-23-21-7-3-1-5-19(21)20-6-2-4-8-22(20)23/h1-8,18,23H,9-17H2,(H,27,31)(H,29,30). The fourth-order valence-electron chi connectivity index (χ4n) is 5.19. The molecule has 2 aromatic carbocycles. The number of alkyl carbamates (subject to hydrolysis) is 1. The lowest BCUT2D eigenvalue weighted by Crippen LogP contribution is -2.50. The Hall–Kier alpha value is -2.86. The first-order valence-corrected chi connectivity index (χ1v) is 11.6. The lowest BCUT2D eigenvalue weighted by molar-refractivity contribution is -0.151. The SMILES string of the molecule is O=C(NCC1(C(=O)O)CCN(CC2CC2)CC1)OCC1c2ccccc2-c2ccccc21. The van der Waals surface area contributed by atoms with Crippen LogP contribution in [0.1, 0.15) is 42.7 Å². The van der Waals surface area contributed by atoms with E-state index in [9.17, 15) is 14.7 Å². The van der Waals surface area contributed by atoms with Crippen LogP contribution >= 0.6 is 0 Å². The van der Waals surface area contributed by atoms with E-state index in [1.54, 1.807) is 0 Å². The van der Waals surface area contributed by atoms with Crippen molar-refractivity contribution in [3.8, 4) is 11.1 Å². The van der Waals surface area contributed by atoms with Gasteiger partial charge < -0.3 is 20.1 Å². The average Bonchev–Trinajstić information content (AvgIpc) is 3.57. The summed E-state index contributed by atoms with van der Waals surface area (Å²) in [6.07, 6.45) is 3.15. The zero-order valence-corrected chi connectivity index (χ0v) is 18.3. The second-order valence-corrected chi connectivity index (χ2v) is 9.51. The molecule has 0 unspecified atom stereocenters. The Bertz CT molecular complexity index is 963. The average molecular weight is 435 g/mol. The Morgan fingerprint density at radius 2 is 1.59 bits per heavy atom. The van der Waals surface area contributed by atoms with Crippen molar-refractivity contribution in [2.45, 2.75) is 31.6 Å². The number of fused-ring (bicyclic) bond motifs is 3. The summed E-state index contributed by atoms with van der Waals surface area (Å²) >= 11 is 0. The number of piperidine rings is 1. The van der Waals surface area contributed by atoms with Gasteiger partial charge in [0.1, 0.15) is 6.61 Å². The van der Waals surface area contributed by atoms with Gasteiger partial charge in [0.05, 0.1) is 5.41 Å². The molecular weight excluding hydrogens is 404 g/mol. The number of aliphatic carboxylic acids is 1. The van der Waals surface area contributed by atoms with Gasteiger partial charge in [0.2, 0.25) is 0 Å². The molecule has 1 saturated carbocycles. The maximum absolute atomic E-state index is 12.5. The molecule has 0 spiro atoms. The Labute approximate surface area is 188 Å². The van der Waals surface area contributed by atoms with E-state index in [1.165, 1.54) is 24.0 Å². The van der Waals surface area contributed by atoms with Crippen molar-refractivity contribution in [3.05, 3.63) is 59.7 Å². The molecule has 6 heteroatoms. The van der Waals surface area contributed by atoms with Gasteiger partial charge in [0.15, 0.2) is 0 Å². The van der Waals surface area contributed by atoms with Crippen LogP contribution in [0.4, 0.5) is 4.79 Å². The van der Waals surface area contributed by atoms with Gasteiger partial charge >= 0.3 is 12.1 Å². The van der Waals surface area contributed by atoms with Gasteiger partial charge in [-0.05, 0) is 66.9 Å². The molecule has 1 heterocycles. The number of amides is 1. The Balaban J connectivity index is 1.18. The number of carbonyl (C=O) groups excluding carboxylic acids is 1. The summed E-state index contributed by atoms with van der Waals surface area (Å²) in [5.74, 6) is -0.0407. The van der Waals surface area contributed by atoms with Crippen LogP contribution in [0.25, 0.3) is 11.1 Å². The van der Waals surface area contributed by atoms with Crippen LogP contribution in [0.3, 0.4) is 0 Å². The number of ether oxygens (including phenoxy) is 1. The molecule has 0 bridgehead atoms. The van der Waals surface area contributed by atoms with Crippen molar-refractivity contribution in [3.63, 3.8) is 0 Å². The summed E-state index contributed by atoms with van der Waals surface area (Å²) in [5.41, 5.74) is 3.77. The molecule has 3 aliphatic rings. The number of nitrogens with one attached hydrogen (secondary N) is 1. The third-order valence-corrected chi connectivity index (χ3v) is 7.39. The maximum Gasteiger partial charge on any atom is 0.407 e. The molecule has 168 valence electrons. The van der Waals surface area contributed by atoms with Crippen molar-refractivity contribution < 1.29 is 19.4 Å². The second-order valence-electron chi connectivity index (χ2n) is 9.51. The van der Waals surface area contributed by atoms with Gasteiger partial charge in [-0.2, -0.15) is 0 Å². The van der Waals surface area contributed by atoms with E-state index in [0.717, 1.165) is 36.7 Å². The van der Waals surface area contributed by atoms with E-state index in [1.807, 2.05) is 24.3 Å². The van der Waals surface area contributed by atoms with Gasteiger partial charge in [-0.25, -0.2) is 4.79 Å². The van der Waals surface area contributed by atoms with Crippen LogP contribution in [0.5, 0.6) is 0 Å². The summed E-state index contributed by atoms with van der Waals surface area (Å²) in [6.45, 7) is 2.96. The minimum Gasteiger partial charge on any atom is -0.481 e. The van der Waals surface area contributed by atoms with Crippen LogP contribution in [0.15, 0.2) is 48.5 Å². The molecule has 1 aliphatic heterocycles. The summed E-state index contributed by atoms with van der Waals surface area (Å²) < 4.78 is 5.58. The molecule has 0 radical (unpaired) electrons. The molecule has 2 aromatic rings. The second kappa shape index (κ2) is 8.58. The predicted octanol–water partition coefficient (Wildman–Crippen LogP) is 4.10. The van der Waals surface area contributed by atoms with Gasteiger partial charge in [-0.15, -0.1) is 0 Å². The van der Waals surface area contributed by atoms with E-state index in [-0.39, 0.29) is 19.1 Å². The molecule has 1 amide bonds. The summed E-state index contributed by atoms with van der Waals surface area (Å²) in [5, 5.41) is 12.6. The van der Waals surface area contributed by atoms with Gasteiger partial charge in [-0.1, -0.05) is 48.5 Å². The quantitative estimate of drug-likeness (QED) is 0.686. The number of carboxylic acid groups (broad SMARTS) is 1. The molecule has 2 fully saturated rings.